The quantitative estimate of drug-likeness (QED) is 0.799. The summed E-state index contributed by atoms with van der Waals surface area (Å²) in [6.07, 6.45) is 6.47. The molecule has 0 saturated carbocycles. The van der Waals surface area contributed by atoms with Gasteiger partial charge in [-0.25, -0.2) is 0 Å². The van der Waals surface area contributed by atoms with Crippen LogP contribution in [0, 0.1) is 0 Å². The van der Waals surface area contributed by atoms with Gasteiger partial charge in [-0.05, 0) is 29.8 Å². The summed E-state index contributed by atoms with van der Waals surface area (Å²) < 4.78 is 10.9. The minimum absolute atomic E-state index is 0.496. The monoisotopic (exact) mass is 246 g/mol. The standard InChI is InChI=1S/C14H18N2O2/c1-17-13-9-10(3-4-12(13)16)14(18-2)7-5-11(15)6-8-14/h3-7,9H,8,15-16H2,1-2H3. The highest BCUT2D eigenvalue weighted by atomic mass is 16.5. The number of benzene rings is 1. The lowest BCUT2D eigenvalue weighted by Crippen LogP contribution is -2.27. The van der Waals surface area contributed by atoms with Crippen molar-refractivity contribution in [3.8, 4) is 5.75 Å². The SMILES string of the molecule is COc1cc(C2(OC)C=CC(N)=CC2)ccc1N. The van der Waals surface area contributed by atoms with Crippen LogP contribution in [0.5, 0.6) is 5.75 Å². The van der Waals surface area contributed by atoms with E-state index in [2.05, 4.69) is 0 Å². The third kappa shape index (κ3) is 2.07. The number of ether oxygens (including phenoxy) is 2. The summed E-state index contributed by atoms with van der Waals surface area (Å²) in [5.41, 5.74) is 13.4. The molecule has 1 aromatic carbocycles. The van der Waals surface area contributed by atoms with E-state index in [1.54, 1.807) is 14.2 Å². The molecule has 18 heavy (non-hydrogen) atoms. The van der Waals surface area contributed by atoms with Crippen molar-refractivity contribution in [2.45, 2.75) is 12.0 Å². The zero-order chi connectivity index (χ0) is 13.2. The minimum Gasteiger partial charge on any atom is -0.495 e. The summed E-state index contributed by atoms with van der Waals surface area (Å²) in [6, 6.07) is 5.67. The van der Waals surface area contributed by atoms with Gasteiger partial charge in [-0.2, -0.15) is 0 Å². The first-order valence-corrected chi connectivity index (χ1v) is 5.75. The highest BCUT2D eigenvalue weighted by molar-refractivity contribution is 5.55. The largest absolute Gasteiger partial charge is 0.495 e. The highest BCUT2D eigenvalue weighted by Crippen LogP contribution is 2.37. The molecule has 0 saturated heterocycles. The smallest absolute Gasteiger partial charge is 0.142 e. The van der Waals surface area contributed by atoms with Gasteiger partial charge in [0.05, 0.1) is 12.8 Å². The van der Waals surface area contributed by atoms with Crippen molar-refractivity contribution in [2.24, 2.45) is 5.73 Å². The predicted octanol–water partition coefficient (Wildman–Crippen LogP) is 1.92. The van der Waals surface area contributed by atoms with Gasteiger partial charge in [0.25, 0.3) is 0 Å². The zero-order valence-electron chi connectivity index (χ0n) is 10.6. The van der Waals surface area contributed by atoms with Crippen LogP contribution in [0.3, 0.4) is 0 Å². The van der Waals surface area contributed by atoms with Gasteiger partial charge in [0, 0.05) is 19.2 Å². The molecule has 0 aromatic heterocycles. The van der Waals surface area contributed by atoms with E-state index in [4.69, 9.17) is 20.9 Å². The summed E-state index contributed by atoms with van der Waals surface area (Å²) >= 11 is 0. The molecule has 1 aliphatic rings. The molecular formula is C14H18N2O2. The summed E-state index contributed by atoms with van der Waals surface area (Å²) in [4.78, 5) is 0. The summed E-state index contributed by atoms with van der Waals surface area (Å²) in [5.74, 6) is 0.653. The first-order valence-electron chi connectivity index (χ1n) is 5.75. The van der Waals surface area contributed by atoms with Crippen LogP contribution in [-0.2, 0) is 10.3 Å². The molecule has 4 nitrogen and oxygen atoms in total. The third-order valence-corrected chi connectivity index (χ3v) is 3.27. The first kappa shape index (κ1) is 12.5. The van der Waals surface area contributed by atoms with E-state index in [0.29, 0.717) is 17.9 Å². The molecule has 0 fully saturated rings. The van der Waals surface area contributed by atoms with Gasteiger partial charge in [0.1, 0.15) is 11.4 Å². The zero-order valence-corrected chi connectivity index (χ0v) is 10.6. The molecule has 2 rings (SSSR count). The van der Waals surface area contributed by atoms with Gasteiger partial charge in [0.2, 0.25) is 0 Å². The first-order chi connectivity index (χ1) is 8.61. The maximum absolute atomic E-state index is 5.82. The molecule has 1 unspecified atom stereocenters. The number of anilines is 1. The van der Waals surface area contributed by atoms with Crippen LogP contribution in [0.1, 0.15) is 12.0 Å². The summed E-state index contributed by atoms with van der Waals surface area (Å²) in [6.45, 7) is 0. The third-order valence-electron chi connectivity index (χ3n) is 3.27. The Hall–Kier alpha value is -1.94. The number of rotatable bonds is 3. The van der Waals surface area contributed by atoms with Gasteiger partial charge in [-0.15, -0.1) is 0 Å². The van der Waals surface area contributed by atoms with Crippen LogP contribution in [0.25, 0.3) is 0 Å². The van der Waals surface area contributed by atoms with Gasteiger partial charge in [-0.1, -0.05) is 12.1 Å². The van der Waals surface area contributed by atoms with Crippen LogP contribution in [0.4, 0.5) is 5.69 Å². The number of nitrogens with two attached hydrogens (primary N) is 2. The van der Waals surface area contributed by atoms with Crippen LogP contribution >= 0.6 is 0 Å². The molecule has 0 heterocycles. The maximum Gasteiger partial charge on any atom is 0.142 e. The van der Waals surface area contributed by atoms with Gasteiger partial charge < -0.3 is 20.9 Å². The minimum atomic E-state index is -0.496. The van der Waals surface area contributed by atoms with E-state index in [9.17, 15) is 0 Å². The van der Waals surface area contributed by atoms with E-state index in [0.717, 1.165) is 11.3 Å². The Morgan fingerprint density at radius 1 is 1.22 bits per heavy atom. The average molecular weight is 246 g/mol. The molecular weight excluding hydrogens is 228 g/mol. The van der Waals surface area contributed by atoms with Crippen molar-refractivity contribution in [3.05, 3.63) is 47.7 Å². The number of hydrogen-bond donors (Lipinski definition) is 2. The molecule has 1 aromatic rings. The Morgan fingerprint density at radius 3 is 2.56 bits per heavy atom. The molecule has 4 heteroatoms. The Bertz CT molecular complexity index is 509. The van der Waals surface area contributed by atoms with E-state index < -0.39 is 5.60 Å². The average Bonchev–Trinajstić information content (AvgIpc) is 2.41. The fourth-order valence-electron chi connectivity index (χ4n) is 2.09. The molecule has 1 aliphatic carbocycles. The molecule has 96 valence electrons. The number of allylic oxidation sites excluding steroid dienone is 1. The second-order valence-corrected chi connectivity index (χ2v) is 4.29. The van der Waals surface area contributed by atoms with E-state index in [1.165, 1.54) is 0 Å². The molecule has 0 radical (unpaired) electrons. The normalized spacial score (nSPS) is 22.7. The Morgan fingerprint density at radius 2 is 2.00 bits per heavy atom. The predicted molar refractivity (Wildman–Crippen MR) is 72.1 cm³/mol. The van der Waals surface area contributed by atoms with Crippen molar-refractivity contribution in [1.29, 1.82) is 0 Å². The Kier molecular flexibility index (Phi) is 3.30. The van der Waals surface area contributed by atoms with E-state index in [-0.39, 0.29) is 0 Å². The summed E-state index contributed by atoms with van der Waals surface area (Å²) in [7, 11) is 3.28. The fourth-order valence-corrected chi connectivity index (χ4v) is 2.09. The van der Waals surface area contributed by atoms with Crippen molar-refractivity contribution in [1.82, 2.24) is 0 Å². The maximum atomic E-state index is 5.82. The number of nitrogen functional groups attached to an aromatic ring is 1. The van der Waals surface area contributed by atoms with Gasteiger partial charge >= 0.3 is 0 Å². The van der Waals surface area contributed by atoms with Crippen molar-refractivity contribution in [3.63, 3.8) is 0 Å². The van der Waals surface area contributed by atoms with Crippen LogP contribution in [0.2, 0.25) is 0 Å². The van der Waals surface area contributed by atoms with Crippen LogP contribution in [0.15, 0.2) is 42.1 Å². The Labute approximate surface area is 107 Å². The second-order valence-electron chi connectivity index (χ2n) is 4.29. The molecule has 0 bridgehead atoms. The molecule has 0 aliphatic heterocycles. The molecule has 4 N–H and O–H groups in total. The van der Waals surface area contributed by atoms with Crippen LogP contribution < -0.4 is 16.2 Å². The van der Waals surface area contributed by atoms with E-state index >= 15 is 0 Å². The number of hydrogen-bond acceptors (Lipinski definition) is 4. The number of methoxy groups -OCH3 is 2. The van der Waals surface area contributed by atoms with Crippen molar-refractivity contribution >= 4 is 5.69 Å². The van der Waals surface area contributed by atoms with Gasteiger partial charge in [0.15, 0.2) is 0 Å². The van der Waals surface area contributed by atoms with Gasteiger partial charge in [-0.3, -0.25) is 0 Å². The topological polar surface area (TPSA) is 70.5 Å². The lowest BCUT2D eigenvalue weighted by atomic mass is 9.86. The second kappa shape index (κ2) is 4.74. The lowest BCUT2D eigenvalue weighted by molar-refractivity contribution is 0.0302. The fraction of sp³-hybridized carbons (Fsp3) is 0.286. The molecule has 0 spiro atoms. The highest BCUT2D eigenvalue weighted by Gasteiger charge is 2.30. The van der Waals surface area contributed by atoms with Crippen molar-refractivity contribution < 1.29 is 9.47 Å². The van der Waals surface area contributed by atoms with Crippen molar-refractivity contribution in [2.75, 3.05) is 20.0 Å². The van der Waals surface area contributed by atoms with E-state index in [1.807, 2.05) is 36.4 Å². The summed E-state index contributed by atoms with van der Waals surface area (Å²) in [5, 5.41) is 0. The molecule has 1 atom stereocenters. The lowest BCUT2D eigenvalue weighted by Gasteiger charge is -2.31. The van der Waals surface area contributed by atoms with Crippen LogP contribution in [-0.4, -0.2) is 14.2 Å². The molecule has 0 amide bonds. The Balaban J connectivity index is 2.43.